The summed E-state index contributed by atoms with van der Waals surface area (Å²) in [6.07, 6.45) is 0.813. The molecule has 0 fully saturated rings. The number of ether oxygens (including phenoxy) is 1. The molecule has 0 aliphatic heterocycles. The number of nitrogens with zero attached hydrogens (tertiary/aromatic N) is 1. The van der Waals surface area contributed by atoms with Gasteiger partial charge in [0.25, 0.3) is 5.91 Å². The monoisotopic (exact) mass is 255 g/mol. The second kappa shape index (κ2) is 6.39. The first-order valence-electron chi connectivity index (χ1n) is 5.50. The van der Waals surface area contributed by atoms with Gasteiger partial charge in [-0.1, -0.05) is 6.92 Å². The Morgan fingerprint density at radius 1 is 1.47 bits per heavy atom. The topological polar surface area (TPSA) is 46.6 Å². The van der Waals surface area contributed by atoms with Gasteiger partial charge in [-0.25, -0.2) is 0 Å². The highest BCUT2D eigenvalue weighted by atomic mass is 32.1. The maximum atomic E-state index is 12.2. The predicted molar refractivity (Wildman–Crippen MR) is 67.3 cm³/mol. The average Bonchev–Trinajstić information content (AvgIpc) is 2.73. The minimum Gasteiger partial charge on any atom is -0.468 e. The molecule has 94 valence electrons. The molecule has 0 radical (unpaired) electrons. The fourth-order valence-corrected chi connectivity index (χ4v) is 2.37. The summed E-state index contributed by atoms with van der Waals surface area (Å²) in [6, 6.07) is 1.90. The molecule has 1 amide bonds. The van der Waals surface area contributed by atoms with Crippen molar-refractivity contribution in [3.8, 4) is 0 Å². The molecule has 0 N–H and O–H groups in total. The number of aryl methyl sites for hydroxylation is 1. The molecule has 0 spiro atoms. The molecule has 1 heterocycles. The number of amides is 1. The quantitative estimate of drug-likeness (QED) is 0.757. The van der Waals surface area contributed by atoms with E-state index in [0.29, 0.717) is 11.4 Å². The third-order valence-electron chi connectivity index (χ3n) is 2.38. The molecule has 5 heteroatoms. The Labute approximate surface area is 105 Å². The zero-order chi connectivity index (χ0) is 12.8. The van der Waals surface area contributed by atoms with Crippen molar-refractivity contribution in [2.24, 2.45) is 0 Å². The fraction of sp³-hybridized carbons (Fsp3) is 0.500. The lowest BCUT2D eigenvalue weighted by molar-refractivity contribution is -0.141. The number of hydrogen-bond donors (Lipinski definition) is 0. The molecule has 0 saturated heterocycles. The van der Waals surface area contributed by atoms with Crippen LogP contribution in [0.2, 0.25) is 0 Å². The first-order valence-corrected chi connectivity index (χ1v) is 6.38. The average molecular weight is 255 g/mol. The van der Waals surface area contributed by atoms with Crippen LogP contribution in [0.15, 0.2) is 11.4 Å². The molecule has 1 aromatic heterocycles. The van der Waals surface area contributed by atoms with Gasteiger partial charge in [0.15, 0.2) is 0 Å². The number of hydrogen-bond acceptors (Lipinski definition) is 4. The van der Waals surface area contributed by atoms with Gasteiger partial charge in [-0.15, -0.1) is 11.3 Å². The van der Waals surface area contributed by atoms with E-state index in [0.717, 1.165) is 12.0 Å². The largest absolute Gasteiger partial charge is 0.468 e. The summed E-state index contributed by atoms with van der Waals surface area (Å²) < 4.78 is 4.60. The summed E-state index contributed by atoms with van der Waals surface area (Å²) in [4.78, 5) is 25.7. The van der Waals surface area contributed by atoms with E-state index < -0.39 is 0 Å². The number of methoxy groups -OCH3 is 1. The molecule has 0 aliphatic carbocycles. The van der Waals surface area contributed by atoms with Crippen LogP contribution in [0.5, 0.6) is 0 Å². The molecule has 17 heavy (non-hydrogen) atoms. The van der Waals surface area contributed by atoms with E-state index in [1.807, 2.05) is 25.3 Å². The molecule has 0 saturated carbocycles. The lowest BCUT2D eigenvalue weighted by Crippen LogP contribution is -2.36. The van der Waals surface area contributed by atoms with E-state index in [1.54, 1.807) is 0 Å². The van der Waals surface area contributed by atoms with Crippen molar-refractivity contribution in [1.29, 1.82) is 0 Å². The van der Waals surface area contributed by atoms with E-state index in [4.69, 9.17) is 0 Å². The van der Waals surface area contributed by atoms with Crippen LogP contribution in [0.4, 0.5) is 0 Å². The summed E-state index contributed by atoms with van der Waals surface area (Å²) in [5, 5.41) is 1.88. The van der Waals surface area contributed by atoms with Crippen molar-refractivity contribution in [2.45, 2.75) is 20.3 Å². The number of rotatable bonds is 5. The summed E-state index contributed by atoms with van der Waals surface area (Å²) in [5.41, 5.74) is 0.950. The highest BCUT2D eigenvalue weighted by Gasteiger charge is 2.20. The van der Waals surface area contributed by atoms with Gasteiger partial charge in [0.05, 0.1) is 12.0 Å². The van der Waals surface area contributed by atoms with E-state index in [2.05, 4.69) is 4.74 Å². The van der Waals surface area contributed by atoms with E-state index in [1.165, 1.54) is 23.3 Å². The Morgan fingerprint density at radius 3 is 2.65 bits per heavy atom. The molecular formula is C12H17NO3S. The van der Waals surface area contributed by atoms with Crippen molar-refractivity contribution in [1.82, 2.24) is 4.90 Å². The van der Waals surface area contributed by atoms with E-state index >= 15 is 0 Å². The molecule has 0 aliphatic rings. The minimum absolute atomic E-state index is 0.0144. The standard InChI is InChI=1S/C12H17NO3S/c1-4-6-13(8-10(14)16-3)12(15)11-9(2)5-7-17-11/h5,7H,4,6,8H2,1-3H3. The lowest BCUT2D eigenvalue weighted by Gasteiger charge is -2.20. The fourth-order valence-electron chi connectivity index (χ4n) is 1.48. The zero-order valence-corrected chi connectivity index (χ0v) is 11.2. The van der Waals surface area contributed by atoms with Crippen molar-refractivity contribution in [3.63, 3.8) is 0 Å². The Kier molecular flexibility index (Phi) is 5.15. The van der Waals surface area contributed by atoms with Gasteiger partial charge in [0, 0.05) is 6.54 Å². The first-order chi connectivity index (χ1) is 8.10. The molecule has 0 bridgehead atoms. The van der Waals surface area contributed by atoms with Crippen LogP contribution in [-0.4, -0.2) is 37.0 Å². The Bertz CT molecular complexity index is 400. The zero-order valence-electron chi connectivity index (χ0n) is 10.4. The first kappa shape index (κ1) is 13.7. The summed E-state index contributed by atoms with van der Waals surface area (Å²) in [6.45, 7) is 4.44. The van der Waals surface area contributed by atoms with Crippen LogP contribution in [0.3, 0.4) is 0 Å². The second-order valence-corrected chi connectivity index (χ2v) is 4.65. The Hall–Kier alpha value is -1.36. The van der Waals surface area contributed by atoms with Crippen molar-refractivity contribution in [2.75, 3.05) is 20.2 Å². The molecular weight excluding hydrogens is 238 g/mol. The third kappa shape index (κ3) is 3.56. The Balaban J connectivity index is 2.80. The maximum Gasteiger partial charge on any atom is 0.325 e. The van der Waals surface area contributed by atoms with Gasteiger partial charge in [-0.2, -0.15) is 0 Å². The number of carbonyl (C=O) groups excluding carboxylic acids is 2. The molecule has 0 unspecified atom stereocenters. The highest BCUT2D eigenvalue weighted by Crippen LogP contribution is 2.18. The van der Waals surface area contributed by atoms with Gasteiger partial charge < -0.3 is 9.64 Å². The van der Waals surface area contributed by atoms with Crippen LogP contribution in [0.1, 0.15) is 28.6 Å². The van der Waals surface area contributed by atoms with Gasteiger partial charge in [-0.05, 0) is 30.4 Å². The second-order valence-electron chi connectivity index (χ2n) is 3.74. The van der Waals surface area contributed by atoms with Crippen LogP contribution in [-0.2, 0) is 9.53 Å². The van der Waals surface area contributed by atoms with E-state index in [9.17, 15) is 9.59 Å². The molecule has 0 atom stereocenters. The van der Waals surface area contributed by atoms with Gasteiger partial charge in [0.1, 0.15) is 6.54 Å². The smallest absolute Gasteiger partial charge is 0.325 e. The van der Waals surface area contributed by atoms with Crippen molar-refractivity contribution >= 4 is 23.2 Å². The van der Waals surface area contributed by atoms with Crippen LogP contribution in [0.25, 0.3) is 0 Å². The molecule has 1 rings (SSSR count). The molecule has 1 aromatic rings. The minimum atomic E-state index is -0.388. The van der Waals surface area contributed by atoms with Crippen molar-refractivity contribution < 1.29 is 14.3 Å². The van der Waals surface area contributed by atoms with Crippen LogP contribution < -0.4 is 0 Å². The SMILES string of the molecule is CCCN(CC(=O)OC)C(=O)c1sccc1C. The number of esters is 1. The summed E-state index contributed by atoms with van der Waals surface area (Å²) in [5.74, 6) is -0.481. The Morgan fingerprint density at radius 2 is 2.18 bits per heavy atom. The summed E-state index contributed by atoms with van der Waals surface area (Å²) in [7, 11) is 1.33. The number of carbonyl (C=O) groups is 2. The summed E-state index contributed by atoms with van der Waals surface area (Å²) >= 11 is 1.40. The third-order valence-corrected chi connectivity index (χ3v) is 3.39. The number of thiophene rings is 1. The van der Waals surface area contributed by atoms with Crippen LogP contribution in [0, 0.1) is 6.92 Å². The maximum absolute atomic E-state index is 12.2. The van der Waals surface area contributed by atoms with E-state index in [-0.39, 0.29) is 18.4 Å². The van der Waals surface area contributed by atoms with Gasteiger partial charge in [-0.3, -0.25) is 9.59 Å². The van der Waals surface area contributed by atoms with Crippen LogP contribution >= 0.6 is 11.3 Å². The lowest BCUT2D eigenvalue weighted by atomic mass is 10.2. The molecule has 4 nitrogen and oxygen atoms in total. The van der Waals surface area contributed by atoms with Crippen molar-refractivity contribution in [3.05, 3.63) is 21.9 Å². The normalized spacial score (nSPS) is 10.1. The van der Waals surface area contributed by atoms with Gasteiger partial charge in [0.2, 0.25) is 0 Å². The molecule has 0 aromatic carbocycles. The predicted octanol–water partition coefficient (Wildman–Crippen LogP) is 2.08. The van der Waals surface area contributed by atoms with Gasteiger partial charge >= 0.3 is 5.97 Å². The highest BCUT2D eigenvalue weighted by molar-refractivity contribution is 7.12.